The molecule has 2 rings (SSSR count). The average molecular weight is 305 g/mol. The van der Waals surface area contributed by atoms with Crippen molar-refractivity contribution in [2.75, 3.05) is 19.4 Å². The van der Waals surface area contributed by atoms with Gasteiger partial charge in [0, 0.05) is 17.3 Å². The van der Waals surface area contributed by atoms with Crippen LogP contribution in [0.25, 0.3) is 0 Å². The van der Waals surface area contributed by atoms with E-state index in [9.17, 15) is 4.79 Å². The molecule has 0 unspecified atom stereocenters. The Bertz CT molecular complexity index is 644. The summed E-state index contributed by atoms with van der Waals surface area (Å²) in [6.45, 7) is 0.522. The fraction of sp³-hybridized carbons (Fsp3) is 0.188. The third-order valence-electron chi connectivity index (χ3n) is 3.09. The molecule has 0 aromatic heterocycles. The quantitative estimate of drug-likeness (QED) is 0.835. The van der Waals surface area contributed by atoms with Crippen LogP contribution < -0.4 is 15.8 Å². The number of benzene rings is 2. The van der Waals surface area contributed by atoms with Gasteiger partial charge in [0.15, 0.2) is 0 Å². The summed E-state index contributed by atoms with van der Waals surface area (Å²) in [5.74, 6) is 0.604. The van der Waals surface area contributed by atoms with Crippen molar-refractivity contribution >= 4 is 23.2 Å². The molecule has 0 aliphatic carbocycles. The minimum atomic E-state index is -0.202. The van der Waals surface area contributed by atoms with E-state index in [1.807, 2.05) is 24.3 Å². The van der Waals surface area contributed by atoms with Gasteiger partial charge in [0.2, 0.25) is 0 Å². The Morgan fingerprint density at radius 2 is 2.10 bits per heavy atom. The maximum Gasteiger partial charge on any atom is 0.253 e. The lowest BCUT2D eigenvalue weighted by atomic mass is 10.1. The molecule has 3 N–H and O–H groups in total. The van der Waals surface area contributed by atoms with Crippen LogP contribution in [-0.2, 0) is 6.42 Å². The maximum absolute atomic E-state index is 12.0. The molecule has 0 radical (unpaired) electrons. The van der Waals surface area contributed by atoms with Gasteiger partial charge in [-0.05, 0) is 42.3 Å². The SMILES string of the molecule is COc1cccc(CCNC(=O)c2ccc(Cl)cc2N)c1. The van der Waals surface area contributed by atoms with Crippen LogP contribution in [0.2, 0.25) is 5.02 Å². The van der Waals surface area contributed by atoms with E-state index in [0.29, 0.717) is 22.8 Å². The van der Waals surface area contributed by atoms with Crippen LogP contribution >= 0.6 is 11.6 Å². The van der Waals surface area contributed by atoms with E-state index in [1.54, 1.807) is 25.3 Å². The van der Waals surface area contributed by atoms with Gasteiger partial charge >= 0.3 is 0 Å². The largest absolute Gasteiger partial charge is 0.497 e. The number of nitrogens with one attached hydrogen (secondary N) is 1. The lowest BCUT2D eigenvalue weighted by Crippen LogP contribution is -2.26. The number of hydrogen-bond acceptors (Lipinski definition) is 3. The van der Waals surface area contributed by atoms with Gasteiger partial charge in [-0.15, -0.1) is 0 Å². The van der Waals surface area contributed by atoms with E-state index < -0.39 is 0 Å². The van der Waals surface area contributed by atoms with Crippen molar-refractivity contribution in [2.45, 2.75) is 6.42 Å². The summed E-state index contributed by atoms with van der Waals surface area (Å²) in [4.78, 5) is 12.0. The highest BCUT2D eigenvalue weighted by Crippen LogP contribution is 2.18. The van der Waals surface area contributed by atoms with Gasteiger partial charge in [-0.3, -0.25) is 4.79 Å². The van der Waals surface area contributed by atoms with Crippen molar-refractivity contribution in [3.8, 4) is 5.75 Å². The van der Waals surface area contributed by atoms with Gasteiger partial charge in [0.1, 0.15) is 5.75 Å². The van der Waals surface area contributed by atoms with Crippen molar-refractivity contribution in [3.63, 3.8) is 0 Å². The predicted octanol–water partition coefficient (Wildman–Crippen LogP) is 2.90. The Kier molecular flexibility index (Phi) is 5.06. The van der Waals surface area contributed by atoms with E-state index in [4.69, 9.17) is 22.1 Å². The lowest BCUT2D eigenvalue weighted by Gasteiger charge is -2.08. The zero-order valence-electron chi connectivity index (χ0n) is 11.7. The molecule has 0 spiro atoms. The fourth-order valence-electron chi connectivity index (χ4n) is 1.98. The van der Waals surface area contributed by atoms with Gasteiger partial charge < -0.3 is 15.8 Å². The summed E-state index contributed by atoms with van der Waals surface area (Å²) < 4.78 is 5.16. The van der Waals surface area contributed by atoms with Gasteiger partial charge in [-0.1, -0.05) is 23.7 Å². The number of rotatable bonds is 5. The first kappa shape index (κ1) is 15.2. The highest BCUT2D eigenvalue weighted by atomic mass is 35.5. The number of nitrogens with two attached hydrogens (primary N) is 1. The molecule has 0 aliphatic heterocycles. The first-order chi connectivity index (χ1) is 10.1. The van der Waals surface area contributed by atoms with Gasteiger partial charge in [-0.2, -0.15) is 0 Å². The molecule has 0 saturated heterocycles. The molecule has 5 heteroatoms. The van der Waals surface area contributed by atoms with Crippen LogP contribution in [-0.4, -0.2) is 19.6 Å². The van der Waals surface area contributed by atoms with Gasteiger partial charge in [0.25, 0.3) is 5.91 Å². The normalized spacial score (nSPS) is 10.2. The minimum absolute atomic E-state index is 0.202. The zero-order valence-corrected chi connectivity index (χ0v) is 12.5. The Labute approximate surface area is 128 Å². The summed E-state index contributed by atoms with van der Waals surface area (Å²) in [6, 6.07) is 12.6. The standard InChI is InChI=1S/C16H17ClN2O2/c1-21-13-4-2-3-11(9-13)7-8-19-16(20)14-6-5-12(17)10-15(14)18/h2-6,9-10H,7-8,18H2,1H3,(H,19,20). The zero-order chi connectivity index (χ0) is 15.2. The van der Waals surface area contributed by atoms with Crippen LogP contribution in [0.15, 0.2) is 42.5 Å². The molecule has 4 nitrogen and oxygen atoms in total. The van der Waals surface area contributed by atoms with Crippen LogP contribution in [0.5, 0.6) is 5.75 Å². The van der Waals surface area contributed by atoms with E-state index >= 15 is 0 Å². The number of amides is 1. The summed E-state index contributed by atoms with van der Waals surface area (Å²) >= 11 is 5.81. The van der Waals surface area contributed by atoms with E-state index in [-0.39, 0.29) is 5.91 Å². The lowest BCUT2D eigenvalue weighted by molar-refractivity contribution is 0.0955. The molecule has 0 saturated carbocycles. The third kappa shape index (κ3) is 4.13. The van der Waals surface area contributed by atoms with Crippen LogP contribution in [0, 0.1) is 0 Å². The molecule has 21 heavy (non-hydrogen) atoms. The monoisotopic (exact) mass is 304 g/mol. The number of carbonyl (C=O) groups is 1. The average Bonchev–Trinajstić information content (AvgIpc) is 2.47. The maximum atomic E-state index is 12.0. The third-order valence-corrected chi connectivity index (χ3v) is 3.33. The van der Waals surface area contributed by atoms with Crippen molar-refractivity contribution in [1.29, 1.82) is 0 Å². The van der Waals surface area contributed by atoms with Gasteiger partial charge in [0.05, 0.1) is 12.7 Å². The first-order valence-corrected chi connectivity index (χ1v) is 6.94. The second-order valence-electron chi connectivity index (χ2n) is 4.59. The van der Waals surface area contributed by atoms with Crippen LogP contribution in [0.4, 0.5) is 5.69 Å². The topological polar surface area (TPSA) is 64.3 Å². The predicted molar refractivity (Wildman–Crippen MR) is 84.9 cm³/mol. The van der Waals surface area contributed by atoms with Gasteiger partial charge in [-0.25, -0.2) is 0 Å². The van der Waals surface area contributed by atoms with Crippen molar-refractivity contribution in [1.82, 2.24) is 5.32 Å². The molecular weight excluding hydrogens is 288 g/mol. The van der Waals surface area contributed by atoms with Crippen molar-refractivity contribution < 1.29 is 9.53 Å². The van der Waals surface area contributed by atoms with E-state index in [0.717, 1.165) is 17.7 Å². The highest BCUT2D eigenvalue weighted by molar-refractivity contribution is 6.31. The smallest absolute Gasteiger partial charge is 0.253 e. The molecule has 0 aliphatic rings. The number of anilines is 1. The molecule has 0 heterocycles. The Morgan fingerprint density at radius 3 is 2.81 bits per heavy atom. The Hall–Kier alpha value is -2.20. The Balaban J connectivity index is 1.92. The van der Waals surface area contributed by atoms with E-state index in [1.165, 1.54) is 0 Å². The molecule has 2 aromatic carbocycles. The molecule has 0 atom stereocenters. The van der Waals surface area contributed by atoms with E-state index in [2.05, 4.69) is 5.32 Å². The second kappa shape index (κ2) is 6.99. The first-order valence-electron chi connectivity index (χ1n) is 6.56. The molecule has 1 amide bonds. The van der Waals surface area contributed by atoms with Crippen molar-refractivity contribution in [2.24, 2.45) is 0 Å². The second-order valence-corrected chi connectivity index (χ2v) is 5.03. The molecule has 2 aromatic rings. The van der Waals surface area contributed by atoms with Crippen LogP contribution in [0.3, 0.4) is 0 Å². The number of methoxy groups -OCH3 is 1. The summed E-state index contributed by atoms with van der Waals surface area (Å²) in [5.41, 5.74) is 7.69. The number of halogens is 1. The Morgan fingerprint density at radius 1 is 1.29 bits per heavy atom. The highest BCUT2D eigenvalue weighted by Gasteiger charge is 2.09. The number of ether oxygens (including phenoxy) is 1. The number of nitrogen functional groups attached to an aromatic ring is 1. The van der Waals surface area contributed by atoms with Crippen molar-refractivity contribution in [3.05, 3.63) is 58.6 Å². The summed E-state index contributed by atoms with van der Waals surface area (Å²) in [7, 11) is 1.63. The summed E-state index contributed by atoms with van der Waals surface area (Å²) in [5, 5.41) is 3.36. The fourth-order valence-corrected chi connectivity index (χ4v) is 2.16. The molecule has 0 fully saturated rings. The number of hydrogen-bond donors (Lipinski definition) is 2. The number of carbonyl (C=O) groups excluding carboxylic acids is 1. The molecule has 110 valence electrons. The summed E-state index contributed by atoms with van der Waals surface area (Å²) in [6.07, 6.45) is 0.719. The molecule has 0 bridgehead atoms. The minimum Gasteiger partial charge on any atom is -0.497 e. The molecular formula is C16H17ClN2O2. The van der Waals surface area contributed by atoms with Crippen LogP contribution in [0.1, 0.15) is 15.9 Å².